The van der Waals surface area contributed by atoms with E-state index in [9.17, 15) is 19.8 Å². The van der Waals surface area contributed by atoms with Crippen LogP contribution < -0.4 is 5.43 Å². The van der Waals surface area contributed by atoms with Crippen molar-refractivity contribution >= 4 is 22.7 Å². The monoisotopic (exact) mass is 566 g/mol. The summed E-state index contributed by atoms with van der Waals surface area (Å²) in [7, 11) is 0. The van der Waals surface area contributed by atoms with E-state index in [1.54, 1.807) is 35.6 Å². The zero-order valence-electron chi connectivity index (χ0n) is 25.5. The van der Waals surface area contributed by atoms with Crippen LogP contribution >= 0.6 is 11.3 Å². The molecule has 0 radical (unpaired) electrons. The number of allylic oxidation sites excluding steroid dienone is 4. The Balaban J connectivity index is 2.11. The summed E-state index contributed by atoms with van der Waals surface area (Å²) in [5.41, 5.74) is 3.80. The van der Waals surface area contributed by atoms with Crippen molar-refractivity contribution in [2.75, 3.05) is 13.2 Å². The van der Waals surface area contributed by atoms with Gasteiger partial charge in [0.2, 0.25) is 0 Å². The molecule has 0 fully saturated rings. The van der Waals surface area contributed by atoms with E-state index in [-0.39, 0.29) is 35.3 Å². The summed E-state index contributed by atoms with van der Waals surface area (Å²) in [5, 5.41) is 19.1. The highest BCUT2D eigenvalue weighted by atomic mass is 32.1. The number of rotatable bonds is 17. The first-order valence-corrected chi connectivity index (χ1v) is 15.6. The molecule has 5 heteroatoms. The highest BCUT2D eigenvalue weighted by Crippen LogP contribution is 2.33. The van der Waals surface area contributed by atoms with Crippen LogP contribution in [-0.2, 0) is 11.2 Å². The fourth-order valence-electron chi connectivity index (χ4n) is 4.78. The average molecular weight is 567 g/mol. The van der Waals surface area contributed by atoms with Crippen LogP contribution in [0.25, 0.3) is 16.0 Å². The van der Waals surface area contributed by atoms with E-state index < -0.39 is 0 Å². The Morgan fingerprint density at radius 1 is 0.925 bits per heavy atom. The maximum atomic E-state index is 12.9. The number of aryl methyl sites for hydroxylation is 1. The summed E-state index contributed by atoms with van der Waals surface area (Å²) in [6.45, 7) is 12.7. The van der Waals surface area contributed by atoms with E-state index in [0.29, 0.717) is 0 Å². The van der Waals surface area contributed by atoms with Crippen LogP contribution in [0.2, 0.25) is 0 Å². The minimum absolute atomic E-state index is 0.00347. The van der Waals surface area contributed by atoms with Gasteiger partial charge in [0.25, 0.3) is 0 Å². The standard InChI is InChI=1S/C35H50O4S/c1-7-35(6,25-37)19-13-10-14-26(2)20-28(38)21-27(3)31-16-8-9-17-32(31)33-23-29(39)22-30(40-33)15-11-12-18-34(4,5)24-36/h8-9,16-17,20-23,36-37H,7,10-15,18-19,24-25H2,1-6H3/b26-20+,27-21+. The number of benzene rings is 1. The number of aliphatic hydroxyl groups is 2. The maximum absolute atomic E-state index is 12.9. The van der Waals surface area contributed by atoms with Gasteiger partial charge in [-0.05, 0) is 105 Å². The molecule has 4 nitrogen and oxygen atoms in total. The van der Waals surface area contributed by atoms with E-state index in [1.165, 1.54) is 0 Å². The Bertz CT molecular complexity index is 1210. The highest BCUT2D eigenvalue weighted by molar-refractivity contribution is 7.15. The van der Waals surface area contributed by atoms with Crippen molar-refractivity contribution in [2.24, 2.45) is 10.8 Å². The molecule has 1 aromatic carbocycles. The number of aliphatic hydroxyl groups excluding tert-OH is 2. The van der Waals surface area contributed by atoms with Gasteiger partial charge in [-0.3, -0.25) is 9.59 Å². The minimum Gasteiger partial charge on any atom is -0.396 e. The molecule has 2 N–H and O–H groups in total. The van der Waals surface area contributed by atoms with Gasteiger partial charge in [-0.15, -0.1) is 11.3 Å². The molecule has 0 aliphatic carbocycles. The second kappa shape index (κ2) is 16.2. The summed E-state index contributed by atoms with van der Waals surface area (Å²) in [6, 6.07) is 11.4. The Kier molecular flexibility index (Phi) is 13.7. The van der Waals surface area contributed by atoms with Gasteiger partial charge in [-0.25, -0.2) is 0 Å². The van der Waals surface area contributed by atoms with Crippen molar-refractivity contribution in [3.8, 4) is 10.4 Å². The van der Waals surface area contributed by atoms with E-state index in [4.69, 9.17) is 0 Å². The van der Waals surface area contributed by atoms with Gasteiger partial charge in [0.05, 0.1) is 0 Å². The van der Waals surface area contributed by atoms with Gasteiger partial charge in [-0.1, -0.05) is 70.4 Å². The van der Waals surface area contributed by atoms with E-state index >= 15 is 0 Å². The van der Waals surface area contributed by atoms with Crippen LogP contribution in [0.4, 0.5) is 0 Å². The third-order valence-electron chi connectivity index (χ3n) is 7.97. The zero-order chi connectivity index (χ0) is 29.8. The van der Waals surface area contributed by atoms with Crippen molar-refractivity contribution in [3.63, 3.8) is 0 Å². The summed E-state index contributed by atoms with van der Waals surface area (Å²) in [5.74, 6) is -0.0219. The van der Waals surface area contributed by atoms with Gasteiger partial charge >= 0.3 is 0 Å². The van der Waals surface area contributed by atoms with Crippen LogP contribution in [0.5, 0.6) is 0 Å². The van der Waals surface area contributed by atoms with Crippen LogP contribution in [0.1, 0.15) is 103 Å². The first-order valence-electron chi connectivity index (χ1n) is 14.8. The Morgan fingerprint density at radius 2 is 1.62 bits per heavy atom. The first-order chi connectivity index (χ1) is 18.9. The van der Waals surface area contributed by atoms with Crippen molar-refractivity contribution in [2.45, 2.75) is 99.3 Å². The number of carbonyl (C=O) groups is 1. The zero-order valence-corrected chi connectivity index (χ0v) is 26.3. The summed E-state index contributed by atoms with van der Waals surface area (Å²) in [6.07, 6.45) is 12.1. The molecular weight excluding hydrogens is 516 g/mol. The number of hydrogen-bond acceptors (Lipinski definition) is 5. The molecule has 1 atom stereocenters. The molecule has 2 rings (SSSR count). The van der Waals surface area contributed by atoms with Crippen LogP contribution in [0.15, 0.2) is 58.9 Å². The molecule has 1 heterocycles. The minimum atomic E-state index is -0.0694. The van der Waals surface area contributed by atoms with E-state index in [0.717, 1.165) is 89.8 Å². The fraction of sp³-hybridized carbons (Fsp3) is 0.543. The maximum Gasteiger partial charge on any atom is 0.181 e. The van der Waals surface area contributed by atoms with Crippen LogP contribution in [-0.4, -0.2) is 29.2 Å². The lowest BCUT2D eigenvalue weighted by Gasteiger charge is -2.25. The van der Waals surface area contributed by atoms with Gasteiger partial charge in [-0.2, -0.15) is 0 Å². The first kappa shape index (κ1) is 33.9. The van der Waals surface area contributed by atoms with Crippen molar-refractivity contribution in [1.82, 2.24) is 0 Å². The molecule has 40 heavy (non-hydrogen) atoms. The lowest BCUT2D eigenvalue weighted by atomic mass is 9.83. The van der Waals surface area contributed by atoms with Crippen molar-refractivity contribution in [1.29, 1.82) is 0 Å². The molecule has 220 valence electrons. The highest BCUT2D eigenvalue weighted by Gasteiger charge is 2.20. The number of unbranched alkanes of at least 4 members (excludes halogenated alkanes) is 2. The Hall–Kier alpha value is -2.34. The lowest BCUT2D eigenvalue weighted by Crippen LogP contribution is -2.19. The smallest absolute Gasteiger partial charge is 0.181 e. The predicted octanol–water partition coefficient (Wildman–Crippen LogP) is 8.39. The molecule has 0 saturated carbocycles. The molecule has 0 bridgehead atoms. The molecule has 0 spiro atoms. The SMILES string of the molecule is CCC(C)(CO)CCCC/C(C)=C/C(=O)/C=C(\C)c1ccccc1-c1cc(=O)cc(CCCCC(C)(C)CO)s1. The molecule has 0 amide bonds. The Labute approximate surface area is 245 Å². The largest absolute Gasteiger partial charge is 0.396 e. The van der Waals surface area contributed by atoms with Crippen LogP contribution in [0, 0.1) is 10.8 Å². The predicted molar refractivity (Wildman–Crippen MR) is 171 cm³/mol. The second-order valence-electron chi connectivity index (χ2n) is 12.4. The van der Waals surface area contributed by atoms with Gasteiger partial charge in [0.15, 0.2) is 11.2 Å². The summed E-state index contributed by atoms with van der Waals surface area (Å²) < 4.78 is 0. The van der Waals surface area contributed by atoms with Gasteiger partial charge in [0.1, 0.15) is 0 Å². The summed E-state index contributed by atoms with van der Waals surface area (Å²) in [4.78, 5) is 27.4. The Morgan fingerprint density at radius 3 is 2.30 bits per heavy atom. The molecule has 1 unspecified atom stereocenters. The van der Waals surface area contributed by atoms with E-state index in [1.807, 2.05) is 38.1 Å². The number of ketones is 1. The van der Waals surface area contributed by atoms with Crippen molar-refractivity contribution < 1.29 is 15.0 Å². The number of carbonyl (C=O) groups excluding carboxylic acids is 1. The third-order valence-corrected chi connectivity index (χ3v) is 9.12. The van der Waals surface area contributed by atoms with Crippen molar-refractivity contribution in [3.05, 3.63) is 74.8 Å². The normalized spacial score (nSPS) is 14.3. The molecule has 0 aliphatic rings. The van der Waals surface area contributed by atoms with Gasteiger partial charge < -0.3 is 10.2 Å². The topological polar surface area (TPSA) is 74.6 Å². The quantitative estimate of drug-likeness (QED) is 0.149. The molecule has 0 saturated heterocycles. The molecule has 2 aromatic rings. The average Bonchev–Trinajstić information content (AvgIpc) is 2.93. The summed E-state index contributed by atoms with van der Waals surface area (Å²) >= 11 is 1.64. The van der Waals surface area contributed by atoms with E-state index in [2.05, 4.69) is 27.7 Å². The molecular formula is C35H50O4S. The molecule has 0 aliphatic heterocycles. The fourth-order valence-corrected chi connectivity index (χ4v) is 5.95. The van der Waals surface area contributed by atoms with Crippen LogP contribution in [0.3, 0.4) is 0 Å². The third kappa shape index (κ3) is 11.3. The molecule has 1 aromatic heterocycles. The lowest BCUT2D eigenvalue weighted by molar-refractivity contribution is -0.110. The van der Waals surface area contributed by atoms with Gasteiger partial charge in [0, 0.05) is 29.0 Å². The number of hydrogen-bond donors (Lipinski definition) is 2. The second-order valence-corrected chi connectivity index (χ2v) is 13.6.